The first-order valence-corrected chi connectivity index (χ1v) is 6.41. The predicted octanol–water partition coefficient (Wildman–Crippen LogP) is 1.77. The number of hydrogen-bond donors (Lipinski definition) is 3. The highest BCUT2D eigenvalue weighted by molar-refractivity contribution is 5.54. The van der Waals surface area contributed by atoms with Gasteiger partial charge in [0.15, 0.2) is 0 Å². The number of likely N-dealkylation sites (N-methyl/N-ethyl adjacent to an activating group) is 1. The van der Waals surface area contributed by atoms with Gasteiger partial charge in [0.2, 0.25) is 0 Å². The molecule has 3 nitrogen and oxygen atoms in total. The maximum absolute atomic E-state index is 10.5. The van der Waals surface area contributed by atoms with E-state index >= 15 is 0 Å². The Labute approximate surface area is 103 Å². The Morgan fingerprint density at radius 3 is 3.00 bits per heavy atom. The van der Waals surface area contributed by atoms with Crippen LogP contribution in [0.4, 0.5) is 5.69 Å². The minimum absolute atomic E-state index is 0.122. The van der Waals surface area contributed by atoms with Gasteiger partial charge in [0.1, 0.15) is 0 Å². The summed E-state index contributed by atoms with van der Waals surface area (Å²) in [5.41, 5.74) is 1.81. The van der Waals surface area contributed by atoms with Crippen LogP contribution in [0, 0.1) is 0 Å². The summed E-state index contributed by atoms with van der Waals surface area (Å²) in [5, 5.41) is 17.1. The van der Waals surface area contributed by atoms with Crippen molar-refractivity contribution in [1.82, 2.24) is 5.32 Å². The van der Waals surface area contributed by atoms with Gasteiger partial charge < -0.3 is 15.7 Å². The number of anilines is 1. The number of hydrogen-bond acceptors (Lipinski definition) is 3. The maximum atomic E-state index is 10.5. The lowest BCUT2D eigenvalue weighted by Gasteiger charge is -2.37. The zero-order chi connectivity index (χ0) is 12.3. The van der Waals surface area contributed by atoms with Gasteiger partial charge >= 0.3 is 0 Å². The minimum atomic E-state index is -0.705. The molecule has 1 aromatic rings. The van der Waals surface area contributed by atoms with Crippen molar-refractivity contribution in [3.05, 3.63) is 29.8 Å². The Balaban J connectivity index is 2.06. The molecule has 1 heterocycles. The number of rotatable bonds is 4. The molecule has 0 fully saturated rings. The van der Waals surface area contributed by atoms with Gasteiger partial charge in [0.25, 0.3) is 0 Å². The molecular formula is C14H22N2O. The van der Waals surface area contributed by atoms with Crippen molar-refractivity contribution in [3.8, 4) is 0 Å². The van der Waals surface area contributed by atoms with Gasteiger partial charge in [-0.3, -0.25) is 0 Å². The van der Waals surface area contributed by atoms with Crippen LogP contribution in [0.15, 0.2) is 24.3 Å². The van der Waals surface area contributed by atoms with Crippen LogP contribution in [0.25, 0.3) is 0 Å². The van der Waals surface area contributed by atoms with E-state index in [0.29, 0.717) is 6.54 Å². The Morgan fingerprint density at radius 2 is 2.24 bits per heavy atom. The summed E-state index contributed by atoms with van der Waals surface area (Å²) in [5.74, 6) is 0. The third-order valence-electron chi connectivity index (χ3n) is 3.53. The molecule has 0 aliphatic carbocycles. The lowest BCUT2D eigenvalue weighted by Crippen LogP contribution is -2.52. The molecule has 0 radical (unpaired) electrons. The van der Waals surface area contributed by atoms with Crippen molar-refractivity contribution < 1.29 is 5.11 Å². The highest BCUT2D eigenvalue weighted by Crippen LogP contribution is 2.28. The number of benzene rings is 1. The third-order valence-corrected chi connectivity index (χ3v) is 3.53. The van der Waals surface area contributed by atoms with Crippen molar-refractivity contribution in [2.45, 2.75) is 38.3 Å². The first-order valence-electron chi connectivity index (χ1n) is 6.41. The molecule has 2 atom stereocenters. The second kappa shape index (κ2) is 5.07. The summed E-state index contributed by atoms with van der Waals surface area (Å²) in [4.78, 5) is 0. The fourth-order valence-corrected chi connectivity index (χ4v) is 2.41. The van der Waals surface area contributed by atoms with E-state index in [2.05, 4.69) is 35.8 Å². The first kappa shape index (κ1) is 12.4. The Morgan fingerprint density at radius 1 is 1.47 bits per heavy atom. The molecule has 0 aromatic heterocycles. The zero-order valence-electron chi connectivity index (χ0n) is 10.7. The van der Waals surface area contributed by atoms with Gasteiger partial charge in [-0.25, -0.2) is 0 Å². The van der Waals surface area contributed by atoms with Crippen LogP contribution in [-0.4, -0.2) is 29.8 Å². The minimum Gasteiger partial charge on any atom is -0.387 e. The van der Waals surface area contributed by atoms with Gasteiger partial charge in [-0.05, 0) is 37.9 Å². The van der Waals surface area contributed by atoms with Crippen molar-refractivity contribution >= 4 is 5.69 Å². The van der Waals surface area contributed by atoms with E-state index in [4.69, 9.17) is 0 Å². The highest BCUT2D eigenvalue weighted by atomic mass is 16.3. The van der Waals surface area contributed by atoms with Crippen molar-refractivity contribution in [3.63, 3.8) is 0 Å². The molecule has 1 aliphatic heterocycles. The van der Waals surface area contributed by atoms with Crippen LogP contribution >= 0.6 is 0 Å². The second-order valence-corrected chi connectivity index (χ2v) is 5.03. The molecule has 0 saturated carbocycles. The zero-order valence-corrected chi connectivity index (χ0v) is 10.7. The summed E-state index contributed by atoms with van der Waals surface area (Å²) >= 11 is 0. The summed E-state index contributed by atoms with van der Waals surface area (Å²) < 4.78 is 0. The number of aryl methyl sites for hydroxylation is 1. The van der Waals surface area contributed by atoms with E-state index in [1.54, 1.807) is 0 Å². The molecule has 0 saturated heterocycles. The Kier molecular flexibility index (Phi) is 3.69. The quantitative estimate of drug-likeness (QED) is 0.744. The fraction of sp³-hybridized carbons (Fsp3) is 0.571. The molecule has 0 spiro atoms. The summed E-state index contributed by atoms with van der Waals surface area (Å²) in [6, 6.07) is 8.46. The van der Waals surface area contributed by atoms with E-state index < -0.39 is 5.60 Å². The van der Waals surface area contributed by atoms with E-state index in [-0.39, 0.29) is 6.04 Å². The summed E-state index contributed by atoms with van der Waals surface area (Å²) in [7, 11) is 0. The molecule has 94 valence electrons. The van der Waals surface area contributed by atoms with Crippen LogP contribution < -0.4 is 10.6 Å². The van der Waals surface area contributed by atoms with E-state index in [1.807, 2.05) is 13.0 Å². The molecular weight excluding hydrogens is 212 g/mol. The van der Waals surface area contributed by atoms with E-state index in [0.717, 1.165) is 19.4 Å². The number of para-hydroxylation sites is 1. The van der Waals surface area contributed by atoms with Gasteiger partial charge in [-0.1, -0.05) is 25.1 Å². The molecule has 17 heavy (non-hydrogen) atoms. The predicted molar refractivity (Wildman–Crippen MR) is 71.3 cm³/mol. The Bertz CT molecular complexity index is 376. The molecule has 2 rings (SSSR count). The van der Waals surface area contributed by atoms with Crippen molar-refractivity contribution in [2.75, 3.05) is 18.4 Å². The van der Waals surface area contributed by atoms with E-state index in [1.165, 1.54) is 11.3 Å². The molecule has 3 N–H and O–H groups in total. The van der Waals surface area contributed by atoms with Crippen molar-refractivity contribution in [2.24, 2.45) is 0 Å². The average Bonchev–Trinajstić information content (AvgIpc) is 2.36. The van der Waals surface area contributed by atoms with Gasteiger partial charge in [-0.2, -0.15) is 0 Å². The normalized spacial score (nSPS) is 22.4. The third kappa shape index (κ3) is 2.79. The Hall–Kier alpha value is -1.06. The molecule has 0 amide bonds. The van der Waals surface area contributed by atoms with Crippen LogP contribution in [0.2, 0.25) is 0 Å². The van der Waals surface area contributed by atoms with Crippen LogP contribution in [-0.2, 0) is 6.42 Å². The smallest absolute Gasteiger partial charge is 0.0943 e. The van der Waals surface area contributed by atoms with Gasteiger partial charge in [-0.15, -0.1) is 0 Å². The molecule has 1 aliphatic rings. The lowest BCUT2D eigenvalue weighted by atomic mass is 9.87. The fourth-order valence-electron chi connectivity index (χ4n) is 2.41. The standard InChI is InChI=1S/C14H22N2O/c1-3-15-10-14(2,17)13-9-8-11-6-4-5-7-12(11)16-13/h4-7,13,15-17H,3,8-10H2,1-2H3. The largest absolute Gasteiger partial charge is 0.387 e. The number of aliphatic hydroxyl groups is 1. The van der Waals surface area contributed by atoms with Crippen LogP contribution in [0.5, 0.6) is 0 Å². The summed E-state index contributed by atoms with van der Waals surface area (Å²) in [6.45, 7) is 5.48. The molecule has 0 bridgehead atoms. The monoisotopic (exact) mass is 234 g/mol. The molecule has 2 unspecified atom stereocenters. The maximum Gasteiger partial charge on any atom is 0.0943 e. The second-order valence-electron chi connectivity index (χ2n) is 5.03. The first-order chi connectivity index (χ1) is 8.13. The number of nitrogens with one attached hydrogen (secondary N) is 2. The van der Waals surface area contributed by atoms with Crippen molar-refractivity contribution in [1.29, 1.82) is 0 Å². The lowest BCUT2D eigenvalue weighted by molar-refractivity contribution is 0.0367. The molecule has 1 aromatic carbocycles. The summed E-state index contributed by atoms with van der Waals surface area (Å²) in [6.07, 6.45) is 2.02. The van der Waals surface area contributed by atoms with E-state index in [9.17, 15) is 5.11 Å². The molecule has 3 heteroatoms. The average molecular weight is 234 g/mol. The number of fused-ring (bicyclic) bond motifs is 1. The van der Waals surface area contributed by atoms with Crippen LogP contribution in [0.3, 0.4) is 0 Å². The SMILES string of the molecule is CCNCC(C)(O)C1CCc2ccccc2N1. The topological polar surface area (TPSA) is 44.3 Å². The highest BCUT2D eigenvalue weighted by Gasteiger charge is 2.33. The van der Waals surface area contributed by atoms with Gasteiger partial charge in [0.05, 0.1) is 11.6 Å². The van der Waals surface area contributed by atoms with Crippen LogP contribution in [0.1, 0.15) is 25.8 Å². The van der Waals surface area contributed by atoms with Gasteiger partial charge in [0, 0.05) is 12.2 Å².